The highest BCUT2D eigenvalue weighted by Crippen LogP contribution is 2.27. The Morgan fingerprint density at radius 2 is 2.08 bits per heavy atom. The molecule has 0 heterocycles. The Balaban J connectivity index is 3.15. The molecule has 3 heteroatoms. The Hall–Kier alpha value is -0.600. The molecule has 0 unspecified atom stereocenters. The summed E-state index contributed by atoms with van der Waals surface area (Å²) in [6.07, 6.45) is 0.521. The van der Waals surface area contributed by atoms with Gasteiger partial charge in [-0.2, -0.15) is 0 Å². The molecule has 1 N–H and O–H groups in total. The maximum absolute atomic E-state index is 12.9. The monoisotopic (exact) mass is 202 g/mol. The number of rotatable bonds is 2. The van der Waals surface area contributed by atoms with Crippen LogP contribution in [0.15, 0.2) is 18.2 Å². The molecule has 0 saturated carbocycles. The zero-order chi connectivity index (χ0) is 10.1. The predicted molar refractivity (Wildman–Crippen MR) is 51.3 cm³/mol. The van der Waals surface area contributed by atoms with Gasteiger partial charge in [0.05, 0.1) is 5.60 Å². The van der Waals surface area contributed by atoms with Crippen LogP contribution in [0.1, 0.15) is 25.8 Å². The van der Waals surface area contributed by atoms with Crippen LogP contribution in [-0.2, 0) is 5.60 Å². The fourth-order valence-electron chi connectivity index (χ4n) is 1.07. The van der Waals surface area contributed by atoms with E-state index in [1.165, 1.54) is 12.1 Å². The van der Waals surface area contributed by atoms with E-state index < -0.39 is 11.4 Å². The summed E-state index contributed by atoms with van der Waals surface area (Å²) < 4.78 is 12.9. The molecule has 0 aliphatic rings. The average molecular weight is 203 g/mol. The molecule has 0 radical (unpaired) electrons. The maximum atomic E-state index is 12.9. The van der Waals surface area contributed by atoms with Crippen LogP contribution in [0.2, 0.25) is 5.02 Å². The molecule has 0 bridgehead atoms. The molecule has 0 saturated heterocycles. The van der Waals surface area contributed by atoms with Crippen molar-refractivity contribution in [1.82, 2.24) is 0 Å². The van der Waals surface area contributed by atoms with E-state index in [-0.39, 0.29) is 0 Å². The first-order valence-electron chi connectivity index (χ1n) is 4.14. The van der Waals surface area contributed by atoms with Crippen molar-refractivity contribution in [3.05, 3.63) is 34.6 Å². The Labute approximate surface area is 82.2 Å². The molecule has 1 aromatic rings. The van der Waals surface area contributed by atoms with Gasteiger partial charge in [0.1, 0.15) is 5.82 Å². The van der Waals surface area contributed by atoms with Gasteiger partial charge in [-0.05, 0) is 37.1 Å². The Morgan fingerprint density at radius 1 is 1.46 bits per heavy atom. The molecule has 72 valence electrons. The number of aliphatic hydroxyl groups is 1. The lowest BCUT2D eigenvalue weighted by Gasteiger charge is -2.21. The molecule has 1 atom stereocenters. The highest BCUT2D eigenvalue weighted by Gasteiger charge is 2.21. The van der Waals surface area contributed by atoms with Gasteiger partial charge >= 0.3 is 0 Å². The Bertz CT molecular complexity index is 290. The molecule has 1 rings (SSSR count). The van der Waals surface area contributed by atoms with Crippen LogP contribution in [0.5, 0.6) is 0 Å². The molecule has 0 aliphatic carbocycles. The summed E-state index contributed by atoms with van der Waals surface area (Å²) in [6.45, 7) is 3.47. The van der Waals surface area contributed by atoms with Gasteiger partial charge in [0.2, 0.25) is 0 Å². The summed E-state index contributed by atoms with van der Waals surface area (Å²) in [7, 11) is 0. The van der Waals surface area contributed by atoms with Gasteiger partial charge < -0.3 is 5.11 Å². The zero-order valence-electron chi connectivity index (χ0n) is 7.64. The zero-order valence-corrected chi connectivity index (χ0v) is 8.40. The predicted octanol–water partition coefficient (Wildman–Crippen LogP) is 3.10. The van der Waals surface area contributed by atoms with Crippen LogP contribution in [0.25, 0.3) is 0 Å². The van der Waals surface area contributed by atoms with E-state index in [0.717, 1.165) is 0 Å². The third kappa shape index (κ3) is 2.42. The van der Waals surface area contributed by atoms with Crippen LogP contribution in [0.4, 0.5) is 4.39 Å². The van der Waals surface area contributed by atoms with Crippen molar-refractivity contribution in [2.45, 2.75) is 25.9 Å². The first-order chi connectivity index (χ1) is 5.95. The SMILES string of the molecule is CC[C@](C)(O)c1cc(F)cc(Cl)c1. The van der Waals surface area contributed by atoms with Crippen LogP contribution in [0.3, 0.4) is 0 Å². The average Bonchev–Trinajstić information content (AvgIpc) is 2.02. The molecule has 0 aliphatic heterocycles. The summed E-state index contributed by atoms with van der Waals surface area (Å²) in [4.78, 5) is 0. The first kappa shape index (κ1) is 10.5. The van der Waals surface area contributed by atoms with Crippen LogP contribution in [0, 0.1) is 5.82 Å². The summed E-state index contributed by atoms with van der Waals surface area (Å²) >= 11 is 5.66. The minimum absolute atomic E-state index is 0.309. The van der Waals surface area contributed by atoms with E-state index in [2.05, 4.69) is 0 Å². The minimum Gasteiger partial charge on any atom is -0.385 e. The van der Waals surface area contributed by atoms with E-state index in [1.54, 1.807) is 13.0 Å². The minimum atomic E-state index is -1.01. The Kier molecular flexibility index (Phi) is 2.94. The van der Waals surface area contributed by atoms with Gasteiger partial charge in [-0.1, -0.05) is 18.5 Å². The highest BCUT2D eigenvalue weighted by molar-refractivity contribution is 6.30. The number of benzene rings is 1. The summed E-state index contributed by atoms with van der Waals surface area (Å²) in [5.41, 5.74) is -0.494. The molecule has 1 nitrogen and oxygen atoms in total. The fraction of sp³-hybridized carbons (Fsp3) is 0.400. The van der Waals surface area contributed by atoms with E-state index >= 15 is 0 Å². The molecular formula is C10H12ClFO. The number of hydrogen-bond acceptors (Lipinski definition) is 1. The lowest BCUT2D eigenvalue weighted by atomic mass is 9.93. The maximum Gasteiger partial charge on any atom is 0.125 e. The van der Waals surface area contributed by atoms with Gasteiger partial charge in [0.15, 0.2) is 0 Å². The fourth-order valence-corrected chi connectivity index (χ4v) is 1.29. The highest BCUT2D eigenvalue weighted by atomic mass is 35.5. The van der Waals surface area contributed by atoms with E-state index in [9.17, 15) is 9.50 Å². The molecular weight excluding hydrogens is 191 g/mol. The molecule has 0 fully saturated rings. The number of hydrogen-bond donors (Lipinski definition) is 1. The van der Waals surface area contributed by atoms with Crippen LogP contribution in [-0.4, -0.2) is 5.11 Å². The van der Waals surface area contributed by atoms with Crippen molar-refractivity contribution in [3.8, 4) is 0 Å². The molecule has 1 aromatic carbocycles. The van der Waals surface area contributed by atoms with Gasteiger partial charge in [-0.3, -0.25) is 0 Å². The van der Waals surface area contributed by atoms with Crippen molar-refractivity contribution in [2.75, 3.05) is 0 Å². The second-order valence-corrected chi connectivity index (χ2v) is 3.72. The largest absolute Gasteiger partial charge is 0.385 e. The van der Waals surface area contributed by atoms with Crippen LogP contribution >= 0.6 is 11.6 Å². The standard InChI is InChI=1S/C10H12ClFO/c1-3-10(2,13)7-4-8(11)6-9(12)5-7/h4-6,13H,3H2,1-2H3/t10-/m0/s1. The van der Waals surface area contributed by atoms with Crippen molar-refractivity contribution < 1.29 is 9.50 Å². The third-order valence-electron chi connectivity index (χ3n) is 2.17. The molecule has 0 aromatic heterocycles. The van der Waals surface area contributed by atoms with Crippen LogP contribution < -0.4 is 0 Å². The molecule has 0 spiro atoms. The topological polar surface area (TPSA) is 20.2 Å². The van der Waals surface area contributed by atoms with Crippen molar-refractivity contribution in [1.29, 1.82) is 0 Å². The summed E-state index contributed by atoms with van der Waals surface area (Å²) in [5, 5.41) is 10.1. The molecule has 13 heavy (non-hydrogen) atoms. The van der Waals surface area contributed by atoms with Crippen molar-refractivity contribution >= 4 is 11.6 Å². The quantitative estimate of drug-likeness (QED) is 0.782. The lowest BCUT2D eigenvalue weighted by Crippen LogP contribution is -2.19. The van der Waals surface area contributed by atoms with Gasteiger partial charge in [0.25, 0.3) is 0 Å². The van der Waals surface area contributed by atoms with Gasteiger partial charge in [-0.25, -0.2) is 4.39 Å². The lowest BCUT2D eigenvalue weighted by molar-refractivity contribution is 0.0528. The normalized spacial score (nSPS) is 15.5. The first-order valence-corrected chi connectivity index (χ1v) is 4.52. The second-order valence-electron chi connectivity index (χ2n) is 3.29. The van der Waals surface area contributed by atoms with E-state index in [1.807, 2.05) is 6.92 Å². The summed E-state index contributed by atoms with van der Waals surface area (Å²) in [5.74, 6) is -0.420. The Morgan fingerprint density at radius 3 is 2.54 bits per heavy atom. The second kappa shape index (κ2) is 3.64. The number of halogens is 2. The van der Waals surface area contributed by atoms with E-state index in [0.29, 0.717) is 17.0 Å². The smallest absolute Gasteiger partial charge is 0.125 e. The van der Waals surface area contributed by atoms with E-state index in [4.69, 9.17) is 11.6 Å². The van der Waals surface area contributed by atoms with Crippen molar-refractivity contribution in [2.24, 2.45) is 0 Å². The van der Waals surface area contributed by atoms with Crippen molar-refractivity contribution in [3.63, 3.8) is 0 Å². The van der Waals surface area contributed by atoms with Gasteiger partial charge in [0, 0.05) is 5.02 Å². The van der Waals surface area contributed by atoms with Gasteiger partial charge in [-0.15, -0.1) is 0 Å². The molecule has 0 amide bonds. The third-order valence-corrected chi connectivity index (χ3v) is 2.39. The summed E-state index contributed by atoms with van der Waals surface area (Å²) in [6, 6.07) is 4.10.